The Kier molecular flexibility index (Phi) is 7.49. The molecule has 9 nitrogen and oxygen atoms in total. The summed E-state index contributed by atoms with van der Waals surface area (Å²) < 4.78 is 2.70. The molecule has 37 heavy (non-hydrogen) atoms. The second-order valence-electron chi connectivity index (χ2n) is 9.56. The second-order valence-corrected chi connectivity index (χ2v) is 9.56. The summed E-state index contributed by atoms with van der Waals surface area (Å²) in [4.78, 5) is 26.3. The number of nitrogens with one attached hydrogen (secondary N) is 1. The van der Waals surface area contributed by atoms with Crippen LogP contribution in [0.15, 0.2) is 65.5 Å². The minimum atomic E-state index is -0.368. The number of allylic oxidation sites excluding steroid dienone is 2. The predicted molar refractivity (Wildman–Crippen MR) is 141 cm³/mol. The fraction of sp³-hybridized carbons (Fsp3) is 0.357. The van der Waals surface area contributed by atoms with Crippen molar-refractivity contribution in [1.29, 1.82) is 0 Å². The van der Waals surface area contributed by atoms with Gasteiger partial charge in [0, 0.05) is 18.4 Å². The van der Waals surface area contributed by atoms with Gasteiger partial charge in [0.1, 0.15) is 5.82 Å². The maximum absolute atomic E-state index is 13.3. The fourth-order valence-corrected chi connectivity index (χ4v) is 5.04. The molecule has 2 aromatic carbocycles. The third kappa shape index (κ3) is 5.50. The number of carbonyl (C=O) groups excluding carboxylic acids is 1. The van der Waals surface area contributed by atoms with Crippen molar-refractivity contribution in [3.8, 4) is 22.5 Å². The smallest absolute Gasteiger partial charge is 0.274 e. The van der Waals surface area contributed by atoms with Crippen LogP contribution in [0.25, 0.3) is 22.5 Å². The Morgan fingerprint density at radius 1 is 1.05 bits per heavy atom. The minimum absolute atomic E-state index is 0.203. The summed E-state index contributed by atoms with van der Waals surface area (Å²) in [7, 11) is 0. The van der Waals surface area contributed by atoms with Crippen LogP contribution in [0.4, 0.5) is 0 Å². The lowest BCUT2D eigenvalue weighted by Crippen LogP contribution is -2.31. The van der Waals surface area contributed by atoms with Gasteiger partial charge in [0.15, 0.2) is 5.82 Å². The summed E-state index contributed by atoms with van der Waals surface area (Å²) in [5.74, 6) is 1.34. The molecule has 5 rings (SSSR count). The van der Waals surface area contributed by atoms with Crippen molar-refractivity contribution in [2.75, 3.05) is 0 Å². The zero-order chi connectivity index (χ0) is 25.6. The normalized spacial score (nSPS) is 14.4. The maximum atomic E-state index is 13.3. The first-order chi connectivity index (χ1) is 18.1. The van der Waals surface area contributed by atoms with Crippen LogP contribution in [0.1, 0.15) is 61.6 Å². The molecule has 2 aromatic heterocycles. The van der Waals surface area contributed by atoms with Gasteiger partial charge in [0.05, 0.1) is 6.54 Å². The Labute approximate surface area is 215 Å². The number of carbonyl (C=O) groups is 1. The van der Waals surface area contributed by atoms with E-state index in [1.54, 1.807) is 4.57 Å². The van der Waals surface area contributed by atoms with Crippen LogP contribution < -0.4 is 5.69 Å². The largest absolute Gasteiger partial charge is 0.353 e. The first kappa shape index (κ1) is 24.5. The number of hydrogen-bond acceptors (Lipinski definition) is 6. The third-order valence-corrected chi connectivity index (χ3v) is 7.03. The maximum Gasteiger partial charge on any atom is 0.353 e. The van der Waals surface area contributed by atoms with Gasteiger partial charge < -0.3 is 0 Å². The molecule has 1 aliphatic rings. The summed E-state index contributed by atoms with van der Waals surface area (Å²) in [6.07, 6.45) is 10.4. The molecule has 0 atom stereocenters. The number of aromatic nitrogens is 7. The van der Waals surface area contributed by atoms with E-state index in [0.717, 1.165) is 52.6 Å². The van der Waals surface area contributed by atoms with Gasteiger partial charge in [-0.15, -0.1) is 14.9 Å². The van der Waals surface area contributed by atoms with Crippen molar-refractivity contribution < 1.29 is 4.79 Å². The van der Waals surface area contributed by atoms with Gasteiger partial charge in [-0.2, -0.15) is 0 Å². The first-order valence-corrected chi connectivity index (χ1v) is 12.9. The summed E-state index contributed by atoms with van der Waals surface area (Å²) in [5, 5.41) is 18.7. The number of H-pyrrole nitrogens is 1. The number of benzene rings is 2. The van der Waals surface area contributed by atoms with Gasteiger partial charge in [0.2, 0.25) is 0 Å². The highest BCUT2D eigenvalue weighted by Crippen LogP contribution is 2.30. The van der Waals surface area contributed by atoms with E-state index in [1.807, 2.05) is 67.6 Å². The number of aromatic amines is 1. The Morgan fingerprint density at radius 2 is 1.81 bits per heavy atom. The number of rotatable bonds is 8. The number of nitrogens with zero attached hydrogens (tertiary/aromatic N) is 6. The van der Waals surface area contributed by atoms with Crippen LogP contribution in [0.2, 0.25) is 0 Å². The molecule has 1 fully saturated rings. The van der Waals surface area contributed by atoms with E-state index in [4.69, 9.17) is 0 Å². The number of hydrogen-bond donors (Lipinski definition) is 1. The van der Waals surface area contributed by atoms with E-state index in [1.165, 1.54) is 6.42 Å². The van der Waals surface area contributed by atoms with Crippen molar-refractivity contribution >= 4 is 5.91 Å². The minimum Gasteiger partial charge on any atom is -0.274 e. The third-order valence-electron chi connectivity index (χ3n) is 7.03. The van der Waals surface area contributed by atoms with Gasteiger partial charge in [-0.1, -0.05) is 79.9 Å². The molecular weight excluding hydrogens is 466 g/mol. The van der Waals surface area contributed by atoms with Gasteiger partial charge in [0.25, 0.3) is 5.91 Å². The SMILES string of the molecule is CC=CCc1nn(C(=O)CC2CCCCC2)c(=O)n1Cc1ccc(-c2ccccc2-c2nnn[nH]2)cc1. The molecule has 9 heteroatoms. The van der Waals surface area contributed by atoms with Crippen LogP contribution >= 0.6 is 0 Å². The van der Waals surface area contributed by atoms with Crippen molar-refractivity contribution in [2.24, 2.45) is 5.92 Å². The summed E-state index contributed by atoms with van der Waals surface area (Å²) >= 11 is 0. The average molecular weight is 498 g/mol. The molecule has 0 aliphatic heterocycles. The van der Waals surface area contributed by atoms with Crippen molar-refractivity contribution in [3.05, 3.63) is 82.6 Å². The summed E-state index contributed by atoms with van der Waals surface area (Å²) in [5.41, 5.74) is 3.50. The van der Waals surface area contributed by atoms with E-state index >= 15 is 0 Å². The molecule has 190 valence electrons. The van der Waals surface area contributed by atoms with Crippen molar-refractivity contribution in [3.63, 3.8) is 0 Å². The van der Waals surface area contributed by atoms with E-state index in [2.05, 4.69) is 25.7 Å². The molecule has 0 unspecified atom stereocenters. The summed E-state index contributed by atoms with van der Waals surface area (Å²) in [6.45, 7) is 2.27. The monoisotopic (exact) mass is 497 g/mol. The van der Waals surface area contributed by atoms with Gasteiger partial charge in [-0.3, -0.25) is 9.36 Å². The van der Waals surface area contributed by atoms with Crippen molar-refractivity contribution in [2.45, 2.75) is 58.4 Å². The lowest BCUT2D eigenvalue weighted by atomic mass is 9.87. The molecule has 0 amide bonds. The molecule has 0 radical (unpaired) electrons. The van der Waals surface area contributed by atoms with E-state index in [0.29, 0.717) is 37.0 Å². The van der Waals surface area contributed by atoms with Crippen LogP contribution in [0.5, 0.6) is 0 Å². The lowest BCUT2D eigenvalue weighted by molar-refractivity contribution is 0.0846. The van der Waals surface area contributed by atoms with E-state index < -0.39 is 0 Å². The molecule has 1 saturated carbocycles. The standard InChI is InChI=1S/C28H31N7O2/c1-2-3-13-25-31-35(26(36)18-20-9-5-4-6-10-20)28(37)34(25)19-21-14-16-22(17-15-21)23-11-7-8-12-24(23)27-29-32-33-30-27/h2-3,7-8,11-12,14-17,20H,4-6,9-10,13,18-19H2,1H3,(H,29,30,32,33). The molecule has 4 aromatic rings. The van der Waals surface area contributed by atoms with Gasteiger partial charge in [-0.05, 0) is 52.8 Å². The predicted octanol–water partition coefficient (Wildman–Crippen LogP) is 4.67. The molecule has 0 spiro atoms. The molecule has 1 N–H and O–H groups in total. The Hall–Kier alpha value is -4.14. The summed E-state index contributed by atoms with van der Waals surface area (Å²) in [6, 6.07) is 16.0. The Morgan fingerprint density at radius 3 is 2.51 bits per heavy atom. The number of tetrazole rings is 1. The highest BCUT2D eigenvalue weighted by Gasteiger charge is 2.22. The quantitative estimate of drug-likeness (QED) is 0.354. The lowest BCUT2D eigenvalue weighted by Gasteiger charge is -2.20. The highest BCUT2D eigenvalue weighted by atomic mass is 16.2. The molecule has 0 saturated heterocycles. The van der Waals surface area contributed by atoms with Gasteiger partial charge in [-0.25, -0.2) is 9.89 Å². The van der Waals surface area contributed by atoms with Crippen molar-refractivity contribution in [1.82, 2.24) is 35.0 Å². The highest BCUT2D eigenvalue weighted by molar-refractivity contribution is 5.80. The zero-order valence-electron chi connectivity index (χ0n) is 21.0. The molecule has 2 heterocycles. The van der Waals surface area contributed by atoms with Crippen LogP contribution in [-0.2, 0) is 13.0 Å². The molecule has 1 aliphatic carbocycles. The molecular formula is C28H31N7O2. The Balaban J connectivity index is 1.39. The van der Waals surface area contributed by atoms with Crippen LogP contribution in [0.3, 0.4) is 0 Å². The van der Waals surface area contributed by atoms with E-state index in [-0.39, 0.29) is 11.6 Å². The average Bonchev–Trinajstić information content (AvgIpc) is 3.57. The zero-order valence-corrected chi connectivity index (χ0v) is 21.0. The van der Waals surface area contributed by atoms with Crippen LogP contribution in [0, 0.1) is 5.92 Å². The van der Waals surface area contributed by atoms with Crippen LogP contribution in [-0.4, -0.2) is 40.9 Å². The second kappa shape index (κ2) is 11.3. The fourth-order valence-electron chi connectivity index (χ4n) is 5.04. The van der Waals surface area contributed by atoms with E-state index in [9.17, 15) is 9.59 Å². The first-order valence-electron chi connectivity index (χ1n) is 12.9. The Bertz CT molecular complexity index is 1430. The van der Waals surface area contributed by atoms with Gasteiger partial charge >= 0.3 is 5.69 Å². The topological polar surface area (TPSA) is 111 Å². The molecule has 0 bridgehead atoms.